The predicted molar refractivity (Wildman–Crippen MR) is 56.3 cm³/mol. The minimum Gasteiger partial charge on any atom is -0.469 e. The van der Waals surface area contributed by atoms with Gasteiger partial charge in [0.05, 0.1) is 6.26 Å². The summed E-state index contributed by atoms with van der Waals surface area (Å²) in [6, 6.07) is 4.02. The zero-order valence-corrected chi connectivity index (χ0v) is 8.92. The van der Waals surface area contributed by atoms with E-state index < -0.39 is 0 Å². The molecule has 3 nitrogen and oxygen atoms in total. The van der Waals surface area contributed by atoms with Crippen LogP contribution in [-0.2, 0) is 6.42 Å². The van der Waals surface area contributed by atoms with E-state index in [1.807, 2.05) is 6.07 Å². The SMILES string of the molecule is CN(C)C1(Cc2ccco2)CCNC1. The van der Waals surface area contributed by atoms with Gasteiger partial charge in [-0.1, -0.05) is 0 Å². The maximum atomic E-state index is 5.42. The molecule has 3 heteroatoms. The van der Waals surface area contributed by atoms with Crippen molar-refractivity contribution in [2.24, 2.45) is 0 Å². The molecule has 2 rings (SSSR count). The molecule has 1 saturated heterocycles. The number of likely N-dealkylation sites (N-methyl/N-ethyl adjacent to an activating group) is 1. The number of furan rings is 1. The summed E-state index contributed by atoms with van der Waals surface area (Å²) in [5, 5.41) is 3.42. The highest BCUT2D eigenvalue weighted by atomic mass is 16.3. The Morgan fingerprint density at radius 3 is 2.93 bits per heavy atom. The molecule has 1 fully saturated rings. The Morgan fingerprint density at radius 2 is 2.43 bits per heavy atom. The predicted octanol–water partition coefficient (Wildman–Crippen LogP) is 1.12. The Bertz CT molecular complexity index is 273. The van der Waals surface area contributed by atoms with Gasteiger partial charge in [0, 0.05) is 18.5 Å². The van der Waals surface area contributed by atoms with Crippen molar-refractivity contribution in [1.29, 1.82) is 0 Å². The molecule has 1 aliphatic rings. The standard InChI is InChI=1S/C11H18N2O/c1-13(2)11(5-6-12-9-11)8-10-4-3-7-14-10/h3-4,7,12H,5-6,8-9H2,1-2H3. The molecule has 0 aliphatic carbocycles. The molecule has 1 aromatic rings. The minimum absolute atomic E-state index is 0.248. The van der Waals surface area contributed by atoms with Crippen molar-refractivity contribution in [3.63, 3.8) is 0 Å². The Hall–Kier alpha value is -0.800. The minimum atomic E-state index is 0.248. The number of rotatable bonds is 3. The summed E-state index contributed by atoms with van der Waals surface area (Å²) in [7, 11) is 4.30. The van der Waals surface area contributed by atoms with Crippen molar-refractivity contribution in [3.05, 3.63) is 24.2 Å². The van der Waals surface area contributed by atoms with Crippen molar-refractivity contribution in [1.82, 2.24) is 10.2 Å². The van der Waals surface area contributed by atoms with Gasteiger partial charge in [0.2, 0.25) is 0 Å². The zero-order valence-electron chi connectivity index (χ0n) is 8.92. The second kappa shape index (κ2) is 3.75. The molecule has 0 bridgehead atoms. The van der Waals surface area contributed by atoms with Crippen molar-refractivity contribution in [3.8, 4) is 0 Å². The van der Waals surface area contributed by atoms with Gasteiger partial charge in [0.15, 0.2) is 0 Å². The monoisotopic (exact) mass is 194 g/mol. The van der Waals surface area contributed by atoms with Crippen LogP contribution in [0.3, 0.4) is 0 Å². The molecular weight excluding hydrogens is 176 g/mol. The number of nitrogens with zero attached hydrogens (tertiary/aromatic N) is 1. The van der Waals surface area contributed by atoms with E-state index in [9.17, 15) is 0 Å². The van der Waals surface area contributed by atoms with E-state index in [-0.39, 0.29) is 5.54 Å². The van der Waals surface area contributed by atoms with Gasteiger partial charge in [-0.05, 0) is 39.2 Å². The van der Waals surface area contributed by atoms with Crippen molar-refractivity contribution in [2.45, 2.75) is 18.4 Å². The normalized spacial score (nSPS) is 27.4. The van der Waals surface area contributed by atoms with E-state index in [1.54, 1.807) is 6.26 Å². The summed E-state index contributed by atoms with van der Waals surface area (Å²) < 4.78 is 5.42. The molecule has 78 valence electrons. The van der Waals surface area contributed by atoms with Crippen LogP contribution < -0.4 is 5.32 Å². The molecule has 0 amide bonds. The van der Waals surface area contributed by atoms with Crippen LogP contribution >= 0.6 is 0 Å². The highest BCUT2D eigenvalue weighted by molar-refractivity contribution is 5.08. The second-order valence-corrected chi connectivity index (χ2v) is 4.30. The summed E-state index contributed by atoms with van der Waals surface area (Å²) in [5.41, 5.74) is 0.248. The first-order valence-corrected chi connectivity index (χ1v) is 5.13. The first-order chi connectivity index (χ1) is 6.73. The Kier molecular flexibility index (Phi) is 2.61. The Labute approximate surface area is 85.1 Å². The summed E-state index contributed by atoms with van der Waals surface area (Å²) in [6.07, 6.45) is 3.95. The number of hydrogen-bond acceptors (Lipinski definition) is 3. The summed E-state index contributed by atoms with van der Waals surface area (Å²) in [6.45, 7) is 2.17. The Balaban J connectivity index is 2.12. The van der Waals surface area contributed by atoms with Gasteiger partial charge < -0.3 is 14.6 Å². The average molecular weight is 194 g/mol. The fourth-order valence-corrected chi connectivity index (χ4v) is 2.16. The molecule has 1 aromatic heterocycles. The maximum absolute atomic E-state index is 5.42. The van der Waals surface area contributed by atoms with Gasteiger partial charge in [0.1, 0.15) is 5.76 Å². The van der Waals surface area contributed by atoms with Gasteiger partial charge >= 0.3 is 0 Å². The van der Waals surface area contributed by atoms with Crippen LogP contribution in [0.15, 0.2) is 22.8 Å². The number of hydrogen-bond donors (Lipinski definition) is 1. The van der Waals surface area contributed by atoms with Crippen LogP contribution in [-0.4, -0.2) is 37.6 Å². The van der Waals surface area contributed by atoms with Crippen LogP contribution in [0.1, 0.15) is 12.2 Å². The largest absolute Gasteiger partial charge is 0.469 e. The van der Waals surface area contributed by atoms with Crippen LogP contribution in [0, 0.1) is 0 Å². The summed E-state index contributed by atoms with van der Waals surface area (Å²) in [5.74, 6) is 1.09. The third-order valence-electron chi connectivity index (χ3n) is 3.25. The molecule has 0 aromatic carbocycles. The third-order valence-corrected chi connectivity index (χ3v) is 3.25. The summed E-state index contributed by atoms with van der Waals surface area (Å²) >= 11 is 0. The molecule has 2 heterocycles. The van der Waals surface area contributed by atoms with Crippen molar-refractivity contribution in [2.75, 3.05) is 27.2 Å². The van der Waals surface area contributed by atoms with E-state index in [0.29, 0.717) is 0 Å². The van der Waals surface area contributed by atoms with E-state index >= 15 is 0 Å². The lowest BCUT2D eigenvalue weighted by Crippen LogP contribution is -2.47. The molecule has 1 N–H and O–H groups in total. The van der Waals surface area contributed by atoms with Gasteiger partial charge in [0.25, 0.3) is 0 Å². The lowest BCUT2D eigenvalue weighted by atomic mass is 9.91. The smallest absolute Gasteiger partial charge is 0.105 e. The lowest BCUT2D eigenvalue weighted by Gasteiger charge is -2.34. The molecule has 1 unspecified atom stereocenters. The Morgan fingerprint density at radius 1 is 1.57 bits per heavy atom. The molecule has 0 saturated carbocycles. The highest BCUT2D eigenvalue weighted by Crippen LogP contribution is 2.25. The average Bonchev–Trinajstić information content (AvgIpc) is 2.76. The molecule has 14 heavy (non-hydrogen) atoms. The molecular formula is C11H18N2O. The maximum Gasteiger partial charge on any atom is 0.105 e. The molecule has 0 radical (unpaired) electrons. The van der Waals surface area contributed by atoms with Crippen molar-refractivity contribution >= 4 is 0 Å². The van der Waals surface area contributed by atoms with Crippen LogP contribution in [0.5, 0.6) is 0 Å². The quantitative estimate of drug-likeness (QED) is 0.781. The van der Waals surface area contributed by atoms with Gasteiger partial charge in [-0.25, -0.2) is 0 Å². The van der Waals surface area contributed by atoms with Crippen LogP contribution in [0.4, 0.5) is 0 Å². The van der Waals surface area contributed by atoms with Gasteiger partial charge in [-0.15, -0.1) is 0 Å². The van der Waals surface area contributed by atoms with E-state index in [1.165, 1.54) is 6.42 Å². The molecule has 1 aliphatic heterocycles. The van der Waals surface area contributed by atoms with Gasteiger partial charge in [-0.3, -0.25) is 0 Å². The van der Waals surface area contributed by atoms with Crippen molar-refractivity contribution < 1.29 is 4.42 Å². The zero-order chi connectivity index (χ0) is 10.0. The second-order valence-electron chi connectivity index (χ2n) is 4.30. The highest BCUT2D eigenvalue weighted by Gasteiger charge is 2.36. The van der Waals surface area contributed by atoms with Crippen LogP contribution in [0.2, 0.25) is 0 Å². The summed E-state index contributed by atoms with van der Waals surface area (Å²) in [4.78, 5) is 2.32. The first-order valence-electron chi connectivity index (χ1n) is 5.13. The fourth-order valence-electron chi connectivity index (χ4n) is 2.16. The van der Waals surface area contributed by atoms with Crippen LogP contribution in [0.25, 0.3) is 0 Å². The number of nitrogens with one attached hydrogen (secondary N) is 1. The van der Waals surface area contributed by atoms with E-state index in [4.69, 9.17) is 4.42 Å². The first kappa shape index (κ1) is 9.74. The fraction of sp³-hybridized carbons (Fsp3) is 0.636. The third kappa shape index (κ3) is 1.70. The van der Waals surface area contributed by atoms with Gasteiger partial charge in [-0.2, -0.15) is 0 Å². The lowest BCUT2D eigenvalue weighted by molar-refractivity contribution is 0.164. The van der Waals surface area contributed by atoms with E-state index in [0.717, 1.165) is 25.3 Å². The topological polar surface area (TPSA) is 28.4 Å². The van der Waals surface area contributed by atoms with E-state index in [2.05, 4.69) is 30.4 Å². The molecule has 1 atom stereocenters. The molecule has 0 spiro atoms.